The number of benzene rings is 2. The first kappa shape index (κ1) is 17.5. The Morgan fingerprint density at radius 2 is 1.83 bits per heavy atom. The number of hydrogen-bond acceptors (Lipinski definition) is 4. The highest BCUT2D eigenvalue weighted by molar-refractivity contribution is 5.80. The maximum absolute atomic E-state index is 12.2. The minimum Gasteiger partial charge on any atom is -0.480 e. The summed E-state index contributed by atoms with van der Waals surface area (Å²) >= 11 is 0. The third-order valence-electron chi connectivity index (χ3n) is 3.60. The Hall–Kier alpha value is -2.84. The molecule has 0 aliphatic carbocycles. The monoisotopic (exact) mass is 324 g/mol. The smallest absolute Gasteiger partial charge is 0.260 e. The van der Waals surface area contributed by atoms with Crippen molar-refractivity contribution in [2.24, 2.45) is 0 Å². The Morgan fingerprint density at radius 1 is 1.17 bits per heavy atom. The Labute approximate surface area is 141 Å². The van der Waals surface area contributed by atoms with Crippen LogP contribution in [0.25, 0.3) is 0 Å². The molecule has 2 atom stereocenters. The molecule has 2 aromatic rings. The lowest BCUT2D eigenvalue weighted by atomic mass is 10.1. The van der Waals surface area contributed by atoms with E-state index in [1.807, 2.05) is 36.4 Å². The van der Waals surface area contributed by atoms with E-state index in [9.17, 15) is 4.79 Å². The van der Waals surface area contributed by atoms with Gasteiger partial charge in [-0.1, -0.05) is 42.5 Å². The van der Waals surface area contributed by atoms with E-state index in [1.54, 1.807) is 38.3 Å². The number of hydrogen-bond donors (Lipinski definition) is 1. The summed E-state index contributed by atoms with van der Waals surface area (Å²) in [6.45, 7) is 1.99. The normalized spacial score (nSPS) is 12.7. The summed E-state index contributed by atoms with van der Waals surface area (Å²) in [5.41, 5.74) is 1.39. The van der Waals surface area contributed by atoms with E-state index < -0.39 is 6.10 Å². The van der Waals surface area contributed by atoms with Crippen LogP contribution >= 0.6 is 0 Å². The molecule has 0 unspecified atom stereocenters. The van der Waals surface area contributed by atoms with Crippen LogP contribution in [-0.4, -0.2) is 25.7 Å². The summed E-state index contributed by atoms with van der Waals surface area (Å²) in [5, 5.41) is 11.9. The van der Waals surface area contributed by atoms with E-state index in [1.165, 1.54) is 0 Å². The first-order valence-electron chi connectivity index (χ1n) is 7.67. The summed E-state index contributed by atoms with van der Waals surface area (Å²) in [6.07, 6.45) is -0.943. The standard InChI is InChI=1S/C19H20N2O3/c1-14(24-17-11-7-6-10-16(17)12-20)19(22)21-13-18(23-2)15-8-4-3-5-9-15/h3-11,14,18H,13H2,1-2H3,(H,21,22)/t14-,18-/m1/s1. The molecule has 0 heterocycles. The molecule has 0 fully saturated rings. The predicted molar refractivity (Wildman–Crippen MR) is 90.4 cm³/mol. The number of methoxy groups -OCH3 is 1. The maximum Gasteiger partial charge on any atom is 0.260 e. The SMILES string of the molecule is CO[C@H](CNC(=O)[C@@H](C)Oc1ccccc1C#N)c1ccccc1. The second kappa shape index (κ2) is 8.70. The fourth-order valence-corrected chi connectivity index (χ4v) is 2.25. The summed E-state index contributed by atoms with van der Waals surface area (Å²) in [5.74, 6) is 0.134. The molecular formula is C19H20N2O3. The quantitative estimate of drug-likeness (QED) is 0.850. The van der Waals surface area contributed by atoms with Crippen molar-refractivity contribution in [3.8, 4) is 11.8 Å². The van der Waals surface area contributed by atoms with Crippen LogP contribution in [-0.2, 0) is 9.53 Å². The van der Waals surface area contributed by atoms with Gasteiger partial charge in [0, 0.05) is 13.7 Å². The topological polar surface area (TPSA) is 71.3 Å². The summed E-state index contributed by atoms with van der Waals surface area (Å²) in [6, 6.07) is 18.5. The van der Waals surface area contributed by atoms with Gasteiger partial charge in [-0.25, -0.2) is 0 Å². The number of rotatable bonds is 7. The van der Waals surface area contributed by atoms with Crippen molar-refractivity contribution in [2.75, 3.05) is 13.7 Å². The number of nitrogens with one attached hydrogen (secondary N) is 1. The van der Waals surface area contributed by atoms with Crippen LogP contribution in [0.15, 0.2) is 54.6 Å². The zero-order valence-corrected chi connectivity index (χ0v) is 13.7. The lowest BCUT2D eigenvalue weighted by Gasteiger charge is -2.19. The molecule has 124 valence electrons. The molecule has 0 saturated heterocycles. The van der Waals surface area contributed by atoms with Gasteiger partial charge in [-0.2, -0.15) is 5.26 Å². The predicted octanol–water partition coefficient (Wildman–Crippen LogP) is 2.83. The fraction of sp³-hybridized carbons (Fsp3) is 0.263. The van der Waals surface area contributed by atoms with E-state index >= 15 is 0 Å². The number of carbonyl (C=O) groups is 1. The van der Waals surface area contributed by atoms with Gasteiger partial charge in [-0.05, 0) is 24.6 Å². The van der Waals surface area contributed by atoms with Gasteiger partial charge < -0.3 is 14.8 Å². The van der Waals surface area contributed by atoms with Gasteiger partial charge in [0.2, 0.25) is 0 Å². The molecule has 24 heavy (non-hydrogen) atoms. The van der Waals surface area contributed by atoms with Gasteiger partial charge in [0.15, 0.2) is 6.10 Å². The molecular weight excluding hydrogens is 304 g/mol. The molecule has 0 spiro atoms. The minimum absolute atomic E-state index is 0.228. The van der Waals surface area contributed by atoms with Crippen LogP contribution in [0.2, 0.25) is 0 Å². The van der Waals surface area contributed by atoms with Crippen LogP contribution in [0.1, 0.15) is 24.2 Å². The second-order valence-corrected chi connectivity index (χ2v) is 5.25. The molecule has 2 aromatic carbocycles. The molecule has 5 nitrogen and oxygen atoms in total. The van der Waals surface area contributed by atoms with Crippen LogP contribution in [0.4, 0.5) is 0 Å². The van der Waals surface area contributed by atoms with Gasteiger partial charge in [0.05, 0.1) is 11.7 Å². The first-order chi connectivity index (χ1) is 11.7. The molecule has 2 rings (SSSR count). The molecule has 0 aliphatic heterocycles. The van der Waals surface area contributed by atoms with Gasteiger partial charge in [-0.15, -0.1) is 0 Å². The van der Waals surface area contributed by atoms with Crippen LogP contribution in [0, 0.1) is 11.3 Å². The van der Waals surface area contributed by atoms with Crippen molar-refractivity contribution < 1.29 is 14.3 Å². The third kappa shape index (κ3) is 4.58. The summed E-state index contributed by atoms with van der Waals surface area (Å²) in [7, 11) is 1.60. The van der Waals surface area contributed by atoms with E-state index in [0.29, 0.717) is 17.9 Å². The average molecular weight is 324 g/mol. The maximum atomic E-state index is 12.2. The van der Waals surface area contributed by atoms with E-state index in [2.05, 4.69) is 5.32 Å². The molecule has 1 N–H and O–H groups in total. The molecule has 0 radical (unpaired) electrons. The fourth-order valence-electron chi connectivity index (χ4n) is 2.25. The van der Waals surface area contributed by atoms with Crippen molar-refractivity contribution in [1.29, 1.82) is 5.26 Å². The van der Waals surface area contributed by atoms with Crippen molar-refractivity contribution in [2.45, 2.75) is 19.1 Å². The second-order valence-electron chi connectivity index (χ2n) is 5.25. The molecule has 1 amide bonds. The molecule has 5 heteroatoms. The summed E-state index contributed by atoms with van der Waals surface area (Å²) in [4.78, 5) is 12.2. The number of nitriles is 1. The van der Waals surface area contributed by atoms with Crippen molar-refractivity contribution >= 4 is 5.91 Å². The number of nitrogens with zero attached hydrogens (tertiary/aromatic N) is 1. The van der Waals surface area contributed by atoms with Gasteiger partial charge in [0.1, 0.15) is 11.8 Å². The number of carbonyl (C=O) groups excluding carboxylic acids is 1. The lowest BCUT2D eigenvalue weighted by Crippen LogP contribution is -2.38. The van der Waals surface area contributed by atoms with Gasteiger partial charge in [-0.3, -0.25) is 4.79 Å². The Balaban J connectivity index is 1.93. The molecule has 0 saturated carbocycles. The van der Waals surface area contributed by atoms with Crippen LogP contribution in [0.5, 0.6) is 5.75 Å². The molecule has 0 aliphatic rings. The van der Waals surface area contributed by atoms with Crippen molar-refractivity contribution in [3.63, 3.8) is 0 Å². The van der Waals surface area contributed by atoms with Crippen LogP contribution < -0.4 is 10.1 Å². The number of para-hydroxylation sites is 1. The average Bonchev–Trinajstić information content (AvgIpc) is 2.63. The minimum atomic E-state index is -0.715. The highest BCUT2D eigenvalue weighted by Gasteiger charge is 2.18. The summed E-state index contributed by atoms with van der Waals surface area (Å²) < 4.78 is 11.0. The highest BCUT2D eigenvalue weighted by atomic mass is 16.5. The van der Waals surface area contributed by atoms with Gasteiger partial charge >= 0.3 is 0 Å². The van der Waals surface area contributed by atoms with Crippen molar-refractivity contribution in [1.82, 2.24) is 5.32 Å². The highest BCUT2D eigenvalue weighted by Crippen LogP contribution is 2.18. The Morgan fingerprint density at radius 3 is 2.50 bits per heavy atom. The van der Waals surface area contributed by atoms with E-state index in [0.717, 1.165) is 5.56 Å². The molecule has 0 bridgehead atoms. The zero-order chi connectivity index (χ0) is 17.4. The largest absolute Gasteiger partial charge is 0.480 e. The van der Waals surface area contributed by atoms with Crippen molar-refractivity contribution in [3.05, 3.63) is 65.7 Å². The number of amides is 1. The first-order valence-corrected chi connectivity index (χ1v) is 7.67. The zero-order valence-electron chi connectivity index (χ0n) is 13.7. The molecule has 0 aromatic heterocycles. The Kier molecular flexibility index (Phi) is 6.35. The number of ether oxygens (including phenoxy) is 2. The third-order valence-corrected chi connectivity index (χ3v) is 3.60. The van der Waals surface area contributed by atoms with E-state index in [-0.39, 0.29) is 12.0 Å². The van der Waals surface area contributed by atoms with Gasteiger partial charge in [0.25, 0.3) is 5.91 Å². The lowest BCUT2D eigenvalue weighted by molar-refractivity contribution is -0.127. The van der Waals surface area contributed by atoms with E-state index in [4.69, 9.17) is 14.7 Å². The Bertz CT molecular complexity index is 710. The van der Waals surface area contributed by atoms with Crippen LogP contribution in [0.3, 0.4) is 0 Å².